The maximum Gasteiger partial charge on any atom is 0.116 e. The summed E-state index contributed by atoms with van der Waals surface area (Å²) in [5.41, 5.74) is 0. The van der Waals surface area contributed by atoms with Crippen molar-refractivity contribution < 1.29 is 0 Å². The van der Waals surface area contributed by atoms with Gasteiger partial charge in [0.1, 0.15) is 6.29 Å². The van der Waals surface area contributed by atoms with Gasteiger partial charge in [-0.2, -0.15) is 0 Å². The van der Waals surface area contributed by atoms with Gasteiger partial charge in [-0.05, 0) is 38.8 Å². The Morgan fingerprint density at radius 1 is 0.778 bits per heavy atom. The maximum atomic E-state index is 3.75. The summed E-state index contributed by atoms with van der Waals surface area (Å²) in [6, 6.07) is 0. The number of hydrogen-bond acceptors (Lipinski definition) is 5. The van der Waals surface area contributed by atoms with E-state index in [1.807, 2.05) is 0 Å². The molecule has 0 radical (unpaired) electrons. The average Bonchev–Trinajstić information content (AvgIpc) is 2.42. The van der Waals surface area contributed by atoms with Crippen LogP contribution in [0.4, 0.5) is 0 Å². The lowest BCUT2D eigenvalue weighted by Crippen LogP contribution is -2.76. The van der Waals surface area contributed by atoms with E-state index in [2.05, 4.69) is 26.2 Å². The first-order valence-electron chi connectivity index (χ1n) is 7.63. The molecular formula is C13H25N5. The van der Waals surface area contributed by atoms with Crippen molar-refractivity contribution in [3.63, 3.8) is 0 Å². The second-order valence-electron chi connectivity index (χ2n) is 6.36. The Kier molecular flexibility index (Phi) is 3.05. The Balaban J connectivity index is 1.46. The van der Waals surface area contributed by atoms with Gasteiger partial charge >= 0.3 is 0 Å². The predicted octanol–water partition coefficient (Wildman–Crippen LogP) is -0.570. The minimum absolute atomic E-state index is 0.365. The van der Waals surface area contributed by atoms with Crippen molar-refractivity contribution in [2.45, 2.75) is 44.3 Å². The lowest BCUT2D eigenvalue weighted by atomic mass is 9.89. The predicted molar refractivity (Wildman–Crippen MR) is 70.7 cm³/mol. The standard InChI is InChI=1S/C13H25N5/c1-3-9-7-18-8-10-4-2-6-15-12(10)17-13(18)16-11(9)14-5-1/h9-17H,1-8H2. The largest absolute Gasteiger partial charge is 0.302 e. The molecule has 0 aromatic rings. The Morgan fingerprint density at radius 3 is 1.89 bits per heavy atom. The quantitative estimate of drug-likeness (QED) is 0.465. The topological polar surface area (TPSA) is 51.4 Å². The van der Waals surface area contributed by atoms with Crippen LogP contribution in [0.25, 0.3) is 0 Å². The fourth-order valence-corrected chi connectivity index (χ4v) is 4.18. The van der Waals surface area contributed by atoms with Crippen molar-refractivity contribution in [2.24, 2.45) is 11.8 Å². The second kappa shape index (κ2) is 4.72. The lowest BCUT2D eigenvalue weighted by Gasteiger charge is -2.54. The molecule has 4 fully saturated rings. The van der Waals surface area contributed by atoms with Crippen LogP contribution in [0.1, 0.15) is 25.7 Å². The van der Waals surface area contributed by atoms with Crippen molar-refractivity contribution >= 4 is 0 Å². The minimum Gasteiger partial charge on any atom is -0.302 e. The van der Waals surface area contributed by atoms with Crippen LogP contribution in [0.3, 0.4) is 0 Å². The van der Waals surface area contributed by atoms with E-state index in [-0.39, 0.29) is 0 Å². The smallest absolute Gasteiger partial charge is 0.116 e. The fraction of sp³-hybridized carbons (Fsp3) is 1.00. The van der Waals surface area contributed by atoms with Gasteiger partial charge in [0.2, 0.25) is 0 Å². The molecule has 4 saturated heterocycles. The molecular weight excluding hydrogens is 226 g/mol. The Morgan fingerprint density at radius 2 is 1.33 bits per heavy atom. The highest BCUT2D eigenvalue weighted by Crippen LogP contribution is 2.27. The molecule has 4 rings (SSSR count). The molecule has 4 unspecified atom stereocenters. The summed E-state index contributed by atoms with van der Waals surface area (Å²) in [5.74, 6) is 1.59. The van der Waals surface area contributed by atoms with Crippen molar-refractivity contribution in [3.05, 3.63) is 0 Å². The van der Waals surface area contributed by atoms with Crippen molar-refractivity contribution in [1.82, 2.24) is 26.2 Å². The van der Waals surface area contributed by atoms with Crippen LogP contribution in [-0.4, -0.2) is 49.7 Å². The summed E-state index contributed by atoms with van der Waals surface area (Å²) in [6.07, 6.45) is 6.83. The zero-order chi connectivity index (χ0) is 11.9. The fourth-order valence-electron chi connectivity index (χ4n) is 4.18. The van der Waals surface area contributed by atoms with E-state index < -0.39 is 0 Å². The van der Waals surface area contributed by atoms with Gasteiger partial charge in [-0.3, -0.25) is 15.5 Å². The molecule has 0 amide bonds. The van der Waals surface area contributed by atoms with E-state index in [9.17, 15) is 0 Å². The number of hydrogen-bond donors (Lipinski definition) is 4. The summed E-state index contributed by atoms with van der Waals surface area (Å²) >= 11 is 0. The van der Waals surface area contributed by atoms with Gasteiger partial charge in [-0.15, -0.1) is 0 Å². The van der Waals surface area contributed by atoms with Gasteiger partial charge in [0.25, 0.3) is 0 Å². The molecule has 0 aliphatic carbocycles. The summed E-state index contributed by atoms with van der Waals surface area (Å²) in [6.45, 7) is 4.85. The summed E-state index contributed by atoms with van der Waals surface area (Å²) in [7, 11) is 0. The molecule has 4 aliphatic rings. The third-order valence-corrected chi connectivity index (χ3v) is 5.15. The van der Waals surface area contributed by atoms with E-state index in [4.69, 9.17) is 0 Å². The van der Waals surface area contributed by atoms with Gasteiger partial charge in [0, 0.05) is 24.9 Å². The maximum absolute atomic E-state index is 3.75. The average molecular weight is 251 g/mol. The zero-order valence-electron chi connectivity index (χ0n) is 11.0. The van der Waals surface area contributed by atoms with Crippen LogP contribution in [-0.2, 0) is 0 Å². The molecule has 0 spiro atoms. The second-order valence-corrected chi connectivity index (χ2v) is 6.36. The van der Waals surface area contributed by atoms with Gasteiger partial charge in [-0.1, -0.05) is 0 Å². The van der Waals surface area contributed by atoms with Crippen molar-refractivity contribution in [2.75, 3.05) is 26.2 Å². The first-order chi connectivity index (χ1) is 8.90. The SMILES string of the molecule is C1CNC2NC3NC4NCCCC4CN3CC2C1. The molecule has 102 valence electrons. The lowest BCUT2D eigenvalue weighted by molar-refractivity contribution is -0.0469. The summed E-state index contributed by atoms with van der Waals surface area (Å²) < 4.78 is 0. The molecule has 4 aliphatic heterocycles. The molecule has 0 saturated carbocycles. The molecule has 0 aromatic carbocycles. The van der Waals surface area contributed by atoms with E-state index in [1.165, 1.54) is 51.9 Å². The Labute approximate surface area is 109 Å². The molecule has 0 bridgehead atoms. The van der Waals surface area contributed by atoms with Crippen LogP contribution in [0.15, 0.2) is 0 Å². The monoisotopic (exact) mass is 251 g/mol. The van der Waals surface area contributed by atoms with Gasteiger partial charge in [0.05, 0.1) is 12.3 Å². The molecule has 4 N–H and O–H groups in total. The van der Waals surface area contributed by atoms with Crippen molar-refractivity contribution in [1.29, 1.82) is 0 Å². The van der Waals surface area contributed by atoms with E-state index in [1.54, 1.807) is 0 Å². The van der Waals surface area contributed by atoms with Crippen LogP contribution >= 0.6 is 0 Å². The number of nitrogens with zero attached hydrogens (tertiary/aromatic N) is 1. The highest BCUT2D eigenvalue weighted by molar-refractivity contribution is 4.96. The molecule has 18 heavy (non-hydrogen) atoms. The Bertz CT molecular complexity index is 252. The minimum atomic E-state index is 0.365. The highest BCUT2D eigenvalue weighted by atomic mass is 15.5. The molecule has 4 heterocycles. The molecule has 5 nitrogen and oxygen atoms in total. The third-order valence-electron chi connectivity index (χ3n) is 5.15. The van der Waals surface area contributed by atoms with Gasteiger partial charge in [-0.25, -0.2) is 0 Å². The molecule has 0 aromatic heterocycles. The Hall–Kier alpha value is -0.200. The zero-order valence-corrected chi connectivity index (χ0v) is 11.0. The van der Waals surface area contributed by atoms with E-state index >= 15 is 0 Å². The third kappa shape index (κ3) is 1.98. The number of piperidine rings is 2. The number of rotatable bonds is 0. The first-order valence-corrected chi connectivity index (χ1v) is 7.63. The molecule has 4 atom stereocenters. The summed E-state index contributed by atoms with van der Waals surface area (Å²) in [5, 5.41) is 14.8. The van der Waals surface area contributed by atoms with Crippen LogP contribution in [0, 0.1) is 11.8 Å². The van der Waals surface area contributed by atoms with Gasteiger partial charge in [0.15, 0.2) is 0 Å². The number of fused-ring (bicyclic) bond motifs is 3. The van der Waals surface area contributed by atoms with E-state index in [0.29, 0.717) is 18.6 Å². The number of nitrogens with one attached hydrogen (secondary N) is 4. The van der Waals surface area contributed by atoms with E-state index in [0.717, 1.165) is 11.8 Å². The van der Waals surface area contributed by atoms with Gasteiger partial charge < -0.3 is 10.6 Å². The normalized spacial score (nSPS) is 49.0. The molecule has 5 heteroatoms. The van der Waals surface area contributed by atoms with Crippen LogP contribution < -0.4 is 21.3 Å². The van der Waals surface area contributed by atoms with Crippen LogP contribution in [0.5, 0.6) is 0 Å². The highest BCUT2D eigenvalue weighted by Gasteiger charge is 2.42. The first kappa shape index (κ1) is 11.6. The van der Waals surface area contributed by atoms with Crippen LogP contribution in [0.2, 0.25) is 0 Å². The summed E-state index contributed by atoms with van der Waals surface area (Å²) in [4.78, 5) is 2.63. The van der Waals surface area contributed by atoms with Crippen molar-refractivity contribution in [3.8, 4) is 0 Å².